The van der Waals surface area contributed by atoms with E-state index < -0.39 is 0 Å². The fraction of sp³-hybridized carbons (Fsp3) is 0.300. The van der Waals surface area contributed by atoms with Crippen LogP contribution in [0.15, 0.2) is 24.5 Å². The third-order valence-electron chi connectivity index (χ3n) is 1.63. The molecule has 0 amide bonds. The van der Waals surface area contributed by atoms with Crippen molar-refractivity contribution in [2.75, 3.05) is 0 Å². The molecular weight excluding hydrogens is 148 g/mol. The normalized spacial score (nSPS) is 11.5. The molecule has 1 rings (SSSR count). The van der Waals surface area contributed by atoms with E-state index in [0.29, 0.717) is 6.42 Å². The van der Waals surface area contributed by atoms with Gasteiger partial charge in [0, 0.05) is 24.9 Å². The van der Waals surface area contributed by atoms with Crippen molar-refractivity contribution in [1.82, 2.24) is 4.98 Å². The molecule has 0 saturated carbocycles. The molecule has 1 heterocycles. The van der Waals surface area contributed by atoms with E-state index in [0.717, 1.165) is 5.56 Å². The average molecular weight is 160 g/mol. The van der Waals surface area contributed by atoms with Gasteiger partial charge >= 0.3 is 0 Å². The van der Waals surface area contributed by atoms with E-state index in [9.17, 15) is 0 Å². The predicted molar refractivity (Wildman–Crippen MR) is 49.2 cm³/mol. The summed E-state index contributed by atoms with van der Waals surface area (Å²) in [5.41, 5.74) is 6.94. The minimum atomic E-state index is 0.0143. The maximum Gasteiger partial charge on any atom is 0.0406 e. The molecular formula is C10H12N2. The first-order valence-electron chi connectivity index (χ1n) is 3.89. The Labute approximate surface area is 72.8 Å². The maximum absolute atomic E-state index is 5.85. The summed E-state index contributed by atoms with van der Waals surface area (Å²) in [6, 6.07) is 3.85. The van der Waals surface area contributed by atoms with Gasteiger partial charge in [0.2, 0.25) is 0 Å². The molecule has 0 saturated heterocycles. The second kappa shape index (κ2) is 4.53. The van der Waals surface area contributed by atoms with Crippen LogP contribution in [-0.2, 0) is 0 Å². The predicted octanol–water partition coefficient (Wildman–Crippen LogP) is 1.49. The summed E-state index contributed by atoms with van der Waals surface area (Å²) in [4.78, 5) is 3.92. The van der Waals surface area contributed by atoms with Gasteiger partial charge < -0.3 is 5.73 Å². The van der Waals surface area contributed by atoms with Crippen LogP contribution in [0.5, 0.6) is 0 Å². The second-order valence-corrected chi connectivity index (χ2v) is 2.52. The summed E-state index contributed by atoms with van der Waals surface area (Å²) in [5.74, 6) is 5.77. The van der Waals surface area contributed by atoms with Gasteiger partial charge in [0.25, 0.3) is 0 Å². The Balaban J connectivity index is 2.63. The van der Waals surface area contributed by atoms with Crippen molar-refractivity contribution in [2.45, 2.75) is 19.4 Å². The maximum atomic E-state index is 5.85. The Hall–Kier alpha value is -1.33. The van der Waals surface area contributed by atoms with E-state index in [1.54, 1.807) is 12.4 Å². The molecule has 0 spiro atoms. The van der Waals surface area contributed by atoms with Crippen LogP contribution in [0.2, 0.25) is 0 Å². The summed E-state index contributed by atoms with van der Waals surface area (Å²) in [5, 5.41) is 0. The lowest BCUT2D eigenvalue weighted by atomic mass is 10.1. The first-order chi connectivity index (χ1) is 5.84. The van der Waals surface area contributed by atoms with Crippen LogP contribution in [0, 0.1) is 11.8 Å². The molecule has 0 aliphatic heterocycles. The number of hydrogen-bond acceptors (Lipinski definition) is 2. The van der Waals surface area contributed by atoms with Crippen molar-refractivity contribution in [1.29, 1.82) is 0 Å². The highest BCUT2D eigenvalue weighted by Crippen LogP contribution is 2.10. The molecule has 0 bridgehead atoms. The lowest BCUT2D eigenvalue weighted by Crippen LogP contribution is -2.08. The number of hydrogen-bond donors (Lipinski definition) is 1. The van der Waals surface area contributed by atoms with Crippen molar-refractivity contribution in [2.24, 2.45) is 5.73 Å². The van der Waals surface area contributed by atoms with Crippen LogP contribution < -0.4 is 5.73 Å². The number of aromatic nitrogens is 1. The molecule has 0 aliphatic carbocycles. The van der Waals surface area contributed by atoms with Crippen molar-refractivity contribution in [3.8, 4) is 11.8 Å². The molecule has 2 nitrogen and oxygen atoms in total. The molecule has 1 aromatic rings. The van der Waals surface area contributed by atoms with Crippen molar-refractivity contribution >= 4 is 0 Å². The molecule has 62 valence electrons. The Bertz CT molecular complexity index is 282. The monoisotopic (exact) mass is 160 g/mol. The van der Waals surface area contributed by atoms with Crippen molar-refractivity contribution < 1.29 is 0 Å². The van der Waals surface area contributed by atoms with E-state index in [1.165, 1.54) is 0 Å². The van der Waals surface area contributed by atoms with E-state index in [1.807, 2.05) is 19.1 Å². The molecule has 12 heavy (non-hydrogen) atoms. The smallest absolute Gasteiger partial charge is 0.0406 e. The van der Waals surface area contributed by atoms with Gasteiger partial charge in [-0.05, 0) is 24.6 Å². The molecule has 0 radical (unpaired) electrons. The molecule has 1 aromatic heterocycles. The standard InChI is InChI=1S/C10H12N2/c1-2-3-4-10(11)9-5-7-12-8-6-9/h5-8,10H,4,11H2,1H3. The van der Waals surface area contributed by atoms with Gasteiger partial charge in [-0.2, -0.15) is 0 Å². The van der Waals surface area contributed by atoms with Crippen molar-refractivity contribution in [3.05, 3.63) is 30.1 Å². The SMILES string of the molecule is CC#CCC(N)c1ccncc1. The van der Waals surface area contributed by atoms with Gasteiger partial charge in [-0.15, -0.1) is 11.8 Å². The largest absolute Gasteiger partial charge is 0.323 e. The van der Waals surface area contributed by atoms with Gasteiger partial charge in [-0.1, -0.05) is 0 Å². The van der Waals surface area contributed by atoms with E-state index in [4.69, 9.17) is 5.73 Å². The Morgan fingerprint density at radius 1 is 1.50 bits per heavy atom. The zero-order chi connectivity index (χ0) is 8.81. The summed E-state index contributed by atoms with van der Waals surface area (Å²) in [6.07, 6.45) is 4.20. The van der Waals surface area contributed by atoms with E-state index in [-0.39, 0.29) is 6.04 Å². The van der Waals surface area contributed by atoms with E-state index >= 15 is 0 Å². The molecule has 0 aliphatic rings. The topological polar surface area (TPSA) is 38.9 Å². The highest BCUT2D eigenvalue weighted by atomic mass is 14.6. The Morgan fingerprint density at radius 2 is 2.17 bits per heavy atom. The van der Waals surface area contributed by atoms with Crippen LogP contribution in [-0.4, -0.2) is 4.98 Å². The number of nitrogens with zero attached hydrogens (tertiary/aromatic N) is 1. The molecule has 0 aromatic carbocycles. The molecule has 2 N–H and O–H groups in total. The third-order valence-corrected chi connectivity index (χ3v) is 1.63. The first kappa shape index (κ1) is 8.76. The number of pyridine rings is 1. The van der Waals surface area contributed by atoms with Gasteiger partial charge in [0.15, 0.2) is 0 Å². The average Bonchev–Trinajstić information content (AvgIpc) is 2.15. The fourth-order valence-corrected chi connectivity index (χ4v) is 0.941. The number of nitrogens with two attached hydrogens (primary N) is 1. The molecule has 2 heteroatoms. The van der Waals surface area contributed by atoms with E-state index in [2.05, 4.69) is 16.8 Å². The van der Waals surface area contributed by atoms with Gasteiger partial charge in [-0.3, -0.25) is 4.98 Å². The molecule has 1 atom stereocenters. The molecule has 0 fully saturated rings. The van der Waals surface area contributed by atoms with Crippen LogP contribution in [0.4, 0.5) is 0 Å². The third kappa shape index (κ3) is 2.37. The fourth-order valence-electron chi connectivity index (χ4n) is 0.941. The summed E-state index contributed by atoms with van der Waals surface area (Å²) < 4.78 is 0. The minimum Gasteiger partial charge on any atom is -0.323 e. The van der Waals surface area contributed by atoms with Gasteiger partial charge in [0.05, 0.1) is 0 Å². The number of rotatable bonds is 2. The Kier molecular flexibility index (Phi) is 3.31. The quantitative estimate of drug-likeness (QED) is 0.666. The van der Waals surface area contributed by atoms with Crippen LogP contribution in [0.1, 0.15) is 24.9 Å². The van der Waals surface area contributed by atoms with Gasteiger partial charge in [-0.25, -0.2) is 0 Å². The zero-order valence-electron chi connectivity index (χ0n) is 7.12. The van der Waals surface area contributed by atoms with Gasteiger partial charge in [0.1, 0.15) is 0 Å². The molecule has 1 unspecified atom stereocenters. The van der Waals surface area contributed by atoms with Crippen LogP contribution >= 0.6 is 0 Å². The lowest BCUT2D eigenvalue weighted by Gasteiger charge is -2.06. The second-order valence-electron chi connectivity index (χ2n) is 2.52. The van der Waals surface area contributed by atoms with Crippen molar-refractivity contribution in [3.63, 3.8) is 0 Å². The highest BCUT2D eigenvalue weighted by Gasteiger charge is 2.01. The van der Waals surface area contributed by atoms with Crippen LogP contribution in [0.25, 0.3) is 0 Å². The lowest BCUT2D eigenvalue weighted by molar-refractivity contribution is 0.752. The summed E-state index contributed by atoms with van der Waals surface area (Å²) in [7, 11) is 0. The Morgan fingerprint density at radius 3 is 2.75 bits per heavy atom. The summed E-state index contributed by atoms with van der Waals surface area (Å²) >= 11 is 0. The minimum absolute atomic E-state index is 0.0143. The summed E-state index contributed by atoms with van der Waals surface area (Å²) in [6.45, 7) is 1.82. The highest BCUT2D eigenvalue weighted by molar-refractivity contribution is 5.16. The first-order valence-corrected chi connectivity index (χ1v) is 3.89. The zero-order valence-corrected chi connectivity index (χ0v) is 7.12. The van der Waals surface area contributed by atoms with Crippen LogP contribution in [0.3, 0.4) is 0 Å².